The molecule has 0 unspecified atom stereocenters. The molecule has 0 aromatic heterocycles. The molecule has 0 bridgehead atoms. The lowest BCUT2D eigenvalue weighted by atomic mass is 10.0. The second-order valence-corrected chi connectivity index (χ2v) is 7.48. The van der Waals surface area contributed by atoms with Crippen molar-refractivity contribution in [2.45, 2.75) is 19.3 Å². The van der Waals surface area contributed by atoms with Crippen LogP contribution in [0.25, 0.3) is 0 Å². The zero-order chi connectivity index (χ0) is 21.6. The number of benzene rings is 3. The third-order valence-corrected chi connectivity index (χ3v) is 5.57. The van der Waals surface area contributed by atoms with Gasteiger partial charge in [0.15, 0.2) is 5.75 Å². The Hall–Kier alpha value is -3.80. The Morgan fingerprint density at radius 3 is 2.23 bits per heavy atom. The van der Waals surface area contributed by atoms with Gasteiger partial charge in [0, 0.05) is 24.5 Å². The van der Waals surface area contributed by atoms with Gasteiger partial charge in [-0.25, -0.2) is 0 Å². The summed E-state index contributed by atoms with van der Waals surface area (Å²) in [5, 5.41) is 15.5. The maximum Gasteiger partial charge on any atom is 0.255 e. The number of nitrogens with zero attached hydrogens (tertiary/aromatic N) is 1. The highest BCUT2D eigenvalue weighted by atomic mass is 16.3. The Morgan fingerprint density at radius 2 is 1.58 bits per heavy atom. The number of hydrogen-bond donors (Lipinski definition) is 3. The standard InChI is InChI=1S/C25H25N3O3/c29-17-27-21-10-5-9-20(24(21)30)25(31)26-15-6-16-28-22-11-3-1-7-18(22)13-14-19-8-2-4-12-23(19)28/h1-5,7-12,17,30H,6,13-16H2,(H,26,31)(H,27,29). The number of para-hydroxylation sites is 3. The normalized spacial score (nSPS) is 12.3. The zero-order valence-electron chi connectivity index (χ0n) is 17.2. The van der Waals surface area contributed by atoms with Crippen molar-refractivity contribution in [3.8, 4) is 5.75 Å². The lowest BCUT2D eigenvalue weighted by Gasteiger charge is -2.27. The van der Waals surface area contributed by atoms with Crippen molar-refractivity contribution in [2.75, 3.05) is 23.3 Å². The number of phenols is 1. The summed E-state index contributed by atoms with van der Waals surface area (Å²) in [6.07, 6.45) is 3.21. The van der Waals surface area contributed by atoms with Crippen molar-refractivity contribution in [2.24, 2.45) is 0 Å². The predicted octanol–water partition coefficient (Wildman–Crippen LogP) is 4.02. The number of aryl methyl sites for hydroxylation is 2. The molecule has 3 aromatic carbocycles. The lowest BCUT2D eigenvalue weighted by molar-refractivity contribution is -0.105. The van der Waals surface area contributed by atoms with Crippen LogP contribution in [0.5, 0.6) is 5.75 Å². The number of amides is 2. The molecular weight excluding hydrogens is 390 g/mol. The number of carbonyl (C=O) groups excluding carboxylic acids is 2. The van der Waals surface area contributed by atoms with Gasteiger partial charge in [0.25, 0.3) is 5.91 Å². The van der Waals surface area contributed by atoms with Crippen molar-refractivity contribution in [3.63, 3.8) is 0 Å². The molecule has 3 aromatic rings. The summed E-state index contributed by atoms with van der Waals surface area (Å²) < 4.78 is 0. The second-order valence-electron chi connectivity index (χ2n) is 7.48. The van der Waals surface area contributed by atoms with Crippen LogP contribution in [0.2, 0.25) is 0 Å². The SMILES string of the molecule is O=CNc1cccc(C(=O)NCCCN2c3ccccc3CCc3ccccc32)c1O. The van der Waals surface area contributed by atoms with Gasteiger partial charge in [-0.15, -0.1) is 0 Å². The minimum absolute atomic E-state index is 0.136. The largest absolute Gasteiger partial charge is 0.505 e. The smallest absolute Gasteiger partial charge is 0.255 e. The van der Waals surface area contributed by atoms with Crippen LogP contribution < -0.4 is 15.5 Å². The van der Waals surface area contributed by atoms with Crippen LogP contribution in [0.15, 0.2) is 66.7 Å². The minimum Gasteiger partial charge on any atom is -0.505 e. The van der Waals surface area contributed by atoms with Gasteiger partial charge in [0.2, 0.25) is 6.41 Å². The Kier molecular flexibility index (Phi) is 6.17. The maximum atomic E-state index is 12.5. The number of phenolic OH excluding ortho intramolecular Hbond substituents is 1. The molecule has 0 radical (unpaired) electrons. The fourth-order valence-corrected chi connectivity index (χ4v) is 4.05. The van der Waals surface area contributed by atoms with E-state index in [4.69, 9.17) is 0 Å². The van der Waals surface area contributed by atoms with Crippen molar-refractivity contribution in [3.05, 3.63) is 83.4 Å². The summed E-state index contributed by atoms with van der Waals surface area (Å²) in [5.74, 6) is -0.605. The van der Waals surface area contributed by atoms with E-state index in [1.807, 2.05) is 0 Å². The Morgan fingerprint density at radius 1 is 0.935 bits per heavy atom. The predicted molar refractivity (Wildman–Crippen MR) is 122 cm³/mol. The highest BCUT2D eigenvalue weighted by molar-refractivity contribution is 5.99. The minimum atomic E-state index is -0.372. The molecule has 0 spiro atoms. The van der Waals surface area contributed by atoms with Gasteiger partial charge in [0.05, 0.1) is 11.3 Å². The van der Waals surface area contributed by atoms with E-state index in [1.54, 1.807) is 6.07 Å². The third-order valence-electron chi connectivity index (χ3n) is 5.57. The Labute approximate surface area is 181 Å². The molecule has 4 rings (SSSR count). The van der Waals surface area contributed by atoms with E-state index < -0.39 is 0 Å². The molecule has 158 valence electrons. The number of fused-ring (bicyclic) bond motifs is 2. The van der Waals surface area contributed by atoms with Gasteiger partial charge in [-0.05, 0) is 54.7 Å². The number of aromatic hydroxyl groups is 1. The monoisotopic (exact) mass is 415 g/mol. The van der Waals surface area contributed by atoms with Gasteiger partial charge in [-0.1, -0.05) is 42.5 Å². The van der Waals surface area contributed by atoms with E-state index in [0.717, 1.165) is 25.8 Å². The molecule has 2 amide bonds. The van der Waals surface area contributed by atoms with Gasteiger partial charge in [-0.3, -0.25) is 9.59 Å². The molecule has 3 N–H and O–H groups in total. The molecule has 1 aliphatic rings. The molecule has 0 saturated heterocycles. The molecule has 1 heterocycles. The first-order valence-corrected chi connectivity index (χ1v) is 10.4. The molecule has 31 heavy (non-hydrogen) atoms. The van der Waals surface area contributed by atoms with Gasteiger partial charge in [-0.2, -0.15) is 0 Å². The first-order chi connectivity index (χ1) is 15.2. The Balaban J connectivity index is 1.44. The summed E-state index contributed by atoms with van der Waals surface area (Å²) in [4.78, 5) is 25.5. The molecule has 1 aliphatic heterocycles. The van der Waals surface area contributed by atoms with Crippen LogP contribution in [0.4, 0.5) is 17.1 Å². The van der Waals surface area contributed by atoms with E-state index in [0.29, 0.717) is 13.0 Å². The molecule has 0 atom stereocenters. The highest BCUT2D eigenvalue weighted by Gasteiger charge is 2.20. The van der Waals surface area contributed by atoms with Gasteiger partial charge in [0.1, 0.15) is 0 Å². The number of anilines is 3. The number of nitrogens with one attached hydrogen (secondary N) is 2. The van der Waals surface area contributed by atoms with Crippen molar-refractivity contribution in [1.82, 2.24) is 5.32 Å². The van der Waals surface area contributed by atoms with Crippen molar-refractivity contribution < 1.29 is 14.7 Å². The molecule has 6 heteroatoms. The van der Waals surface area contributed by atoms with E-state index in [1.165, 1.54) is 34.6 Å². The van der Waals surface area contributed by atoms with Crippen LogP contribution >= 0.6 is 0 Å². The highest BCUT2D eigenvalue weighted by Crippen LogP contribution is 2.35. The van der Waals surface area contributed by atoms with Crippen molar-refractivity contribution >= 4 is 29.4 Å². The average molecular weight is 415 g/mol. The zero-order valence-corrected chi connectivity index (χ0v) is 17.2. The second kappa shape index (κ2) is 9.34. The van der Waals surface area contributed by atoms with Crippen molar-refractivity contribution in [1.29, 1.82) is 0 Å². The van der Waals surface area contributed by atoms with Crippen LogP contribution in [0.3, 0.4) is 0 Å². The van der Waals surface area contributed by atoms with E-state index in [9.17, 15) is 14.7 Å². The van der Waals surface area contributed by atoms with Crippen LogP contribution in [0.1, 0.15) is 27.9 Å². The summed E-state index contributed by atoms with van der Waals surface area (Å²) in [6, 6.07) is 21.6. The van der Waals surface area contributed by atoms with Gasteiger partial charge >= 0.3 is 0 Å². The molecule has 6 nitrogen and oxygen atoms in total. The first kappa shape index (κ1) is 20.5. The quantitative estimate of drug-likeness (QED) is 0.309. The summed E-state index contributed by atoms with van der Waals surface area (Å²) in [5.41, 5.74) is 5.42. The average Bonchev–Trinajstić information content (AvgIpc) is 2.95. The molecule has 0 fully saturated rings. The van der Waals surface area contributed by atoms with E-state index >= 15 is 0 Å². The summed E-state index contributed by atoms with van der Waals surface area (Å²) in [7, 11) is 0. The van der Waals surface area contributed by atoms with Crippen LogP contribution in [-0.2, 0) is 17.6 Å². The number of hydrogen-bond acceptors (Lipinski definition) is 4. The molecule has 0 saturated carbocycles. The van der Waals surface area contributed by atoms with E-state index in [2.05, 4.69) is 64.1 Å². The molecular formula is C25H25N3O3. The number of rotatable bonds is 7. The van der Waals surface area contributed by atoms with E-state index in [-0.39, 0.29) is 22.9 Å². The lowest BCUT2D eigenvalue weighted by Crippen LogP contribution is -2.28. The summed E-state index contributed by atoms with van der Waals surface area (Å²) in [6.45, 7) is 1.22. The number of carbonyl (C=O) groups is 2. The third kappa shape index (κ3) is 4.38. The van der Waals surface area contributed by atoms with Gasteiger partial charge < -0.3 is 20.6 Å². The van der Waals surface area contributed by atoms with Crippen LogP contribution in [0, 0.1) is 0 Å². The van der Waals surface area contributed by atoms with Crippen LogP contribution in [-0.4, -0.2) is 30.5 Å². The summed E-state index contributed by atoms with van der Waals surface area (Å²) >= 11 is 0. The molecule has 0 aliphatic carbocycles. The first-order valence-electron chi connectivity index (χ1n) is 10.4. The maximum absolute atomic E-state index is 12.5. The topological polar surface area (TPSA) is 81.7 Å². The fourth-order valence-electron chi connectivity index (χ4n) is 4.05. The fraction of sp³-hybridized carbons (Fsp3) is 0.200. The Bertz CT molecular complexity index is 1050.